The van der Waals surface area contributed by atoms with Gasteiger partial charge in [-0.1, -0.05) is 38.1 Å². The number of anilines is 1. The summed E-state index contributed by atoms with van der Waals surface area (Å²) in [6.07, 6.45) is 0. The maximum Gasteiger partial charge on any atom is 0.255 e. The lowest BCUT2D eigenvalue weighted by molar-refractivity contribution is -0.118. The highest BCUT2D eigenvalue weighted by Gasteiger charge is 2.11. The number of rotatable bonds is 6. The van der Waals surface area contributed by atoms with E-state index in [0.717, 1.165) is 11.3 Å². The summed E-state index contributed by atoms with van der Waals surface area (Å²) in [5.74, 6) is 0.267. The van der Waals surface area contributed by atoms with Crippen molar-refractivity contribution >= 4 is 17.5 Å². The molecule has 2 aromatic carbocycles. The van der Waals surface area contributed by atoms with Gasteiger partial charge in [-0.05, 0) is 29.8 Å². The molecule has 0 unspecified atom stereocenters. The second kappa shape index (κ2) is 8.15. The molecule has 2 rings (SSSR count). The first-order valence-electron chi connectivity index (χ1n) is 7.82. The van der Waals surface area contributed by atoms with Crippen molar-refractivity contribution in [2.45, 2.75) is 20.4 Å². The Morgan fingerprint density at radius 2 is 1.71 bits per heavy atom. The summed E-state index contributed by atoms with van der Waals surface area (Å²) in [4.78, 5) is 23.9. The minimum absolute atomic E-state index is 0.0211. The van der Waals surface area contributed by atoms with Crippen LogP contribution in [0.3, 0.4) is 0 Å². The van der Waals surface area contributed by atoms with E-state index in [2.05, 4.69) is 10.6 Å². The molecular formula is C19H22N2O3. The maximum absolute atomic E-state index is 12.2. The molecular weight excluding hydrogens is 304 g/mol. The summed E-state index contributed by atoms with van der Waals surface area (Å²) in [5, 5.41) is 5.69. The van der Waals surface area contributed by atoms with Gasteiger partial charge in [-0.15, -0.1) is 0 Å². The van der Waals surface area contributed by atoms with Crippen LogP contribution >= 0.6 is 0 Å². The quantitative estimate of drug-likeness (QED) is 0.856. The van der Waals surface area contributed by atoms with Gasteiger partial charge in [-0.25, -0.2) is 0 Å². The van der Waals surface area contributed by atoms with E-state index in [1.807, 2.05) is 44.2 Å². The number of para-hydroxylation sites is 1. The average molecular weight is 326 g/mol. The van der Waals surface area contributed by atoms with Gasteiger partial charge >= 0.3 is 0 Å². The van der Waals surface area contributed by atoms with Crippen molar-refractivity contribution in [2.24, 2.45) is 5.92 Å². The minimum atomic E-state index is -0.190. The highest BCUT2D eigenvalue weighted by atomic mass is 16.5. The molecule has 24 heavy (non-hydrogen) atoms. The fourth-order valence-electron chi connectivity index (χ4n) is 2.10. The summed E-state index contributed by atoms with van der Waals surface area (Å²) in [5.41, 5.74) is 2.19. The van der Waals surface area contributed by atoms with Crippen LogP contribution in [0.15, 0.2) is 48.5 Å². The Bertz CT molecular complexity index is 709. The normalized spacial score (nSPS) is 10.3. The third-order valence-corrected chi connectivity index (χ3v) is 3.55. The predicted molar refractivity (Wildman–Crippen MR) is 94.1 cm³/mol. The topological polar surface area (TPSA) is 67.4 Å². The molecule has 0 aliphatic rings. The minimum Gasteiger partial charge on any atom is -0.496 e. The molecule has 126 valence electrons. The van der Waals surface area contributed by atoms with Crippen LogP contribution in [-0.4, -0.2) is 18.9 Å². The Morgan fingerprint density at radius 3 is 2.33 bits per heavy atom. The lowest BCUT2D eigenvalue weighted by Crippen LogP contribution is -2.23. The van der Waals surface area contributed by atoms with E-state index in [1.165, 1.54) is 7.11 Å². The Kier molecular flexibility index (Phi) is 5.95. The van der Waals surface area contributed by atoms with Crippen LogP contribution in [-0.2, 0) is 11.3 Å². The first-order valence-corrected chi connectivity index (χ1v) is 7.82. The number of methoxy groups -OCH3 is 1. The van der Waals surface area contributed by atoms with Crippen molar-refractivity contribution < 1.29 is 14.3 Å². The first kappa shape index (κ1) is 17.5. The van der Waals surface area contributed by atoms with Crippen molar-refractivity contribution in [1.29, 1.82) is 0 Å². The molecule has 2 amide bonds. The second-order valence-corrected chi connectivity index (χ2v) is 5.72. The zero-order chi connectivity index (χ0) is 17.5. The van der Waals surface area contributed by atoms with E-state index in [9.17, 15) is 9.59 Å². The van der Waals surface area contributed by atoms with E-state index in [1.54, 1.807) is 18.2 Å². The third kappa shape index (κ3) is 4.59. The van der Waals surface area contributed by atoms with Gasteiger partial charge < -0.3 is 15.4 Å². The van der Waals surface area contributed by atoms with Gasteiger partial charge in [0.25, 0.3) is 5.91 Å². The standard InChI is InChI=1S/C19H22N2O3/c1-13(2)18(22)21-15-10-8-14(9-11-15)12-20-19(23)16-6-4-5-7-17(16)24-3/h4-11,13H,12H2,1-3H3,(H,20,23)(H,21,22). The van der Waals surface area contributed by atoms with Gasteiger partial charge in [0.05, 0.1) is 12.7 Å². The summed E-state index contributed by atoms with van der Waals surface area (Å²) in [6, 6.07) is 14.5. The van der Waals surface area contributed by atoms with E-state index >= 15 is 0 Å². The highest BCUT2D eigenvalue weighted by molar-refractivity contribution is 5.96. The molecule has 0 heterocycles. The first-order chi connectivity index (χ1) is 11.5. The molecule has 0 atom stereocenters. The summed E-state index contributed by atoms with van der Waals surface area (Å²) in [7, 11) is 1.54. The van der Waals surface area contributed by atoms with Crippen molar-refractivity contribution in [3.8, 4) is 5.75 Å². The summed E-state index contributed by atoms with van der Waals surface area (Å²) >= 11 is 0. The van der Waals surface area contributed by atoms with E-state index < -0.39 is 0 Å². The van der Waals surface area contributed by atoms with Crippen molar-refractivity contribution in [3.05, 3.63) is 59.7 Å². The number of hydrogen-bond donors (Lipinski definition) is 2. The smallest absolute Gasteiger partial charge is 0.255 e. The van der Waals surface area contributed by atoms with Crippen LogP contribution in [0.5, 0.6) is 5.75 Å². The summed E-state index contributed by atoms with van der Waals surface area (Å²) in [6.45, 7) is 4.09. The zero-order valence-corrected chi connectivity index (χ0v) is 14.1. The molecule has 0 aliphatic carbocycles. The molecule has 0 aromatic heterocycles. The van der Waals surface area contributed by atoms with Crippen molar-refractivity contribution in [1.82, 2.24) is 5.32 Å². The Morgan fingerprint density at radius 1 is 1.04 bits per heavy atom. The lowest BCUT2D eigenvalue weighted by Gasteiger charge is -2.10. The molecule has 2 aromatic rings. The zero-order valence-electron chi connectivity index (χ0n) is 14.1. The molecule has 2 N–H and O–H groups in total. The number of carbonyl (C=O) groups excluding carboxylic acids is 2. The molecule has 0 bridgehead atoms. The Labute approximate surface area is 142 Å². The van der Waals surface area contributed by atoms with Crippen LogP contribution in [0.4, 0.5) is 5.69 Å². The van der Waals surface area contributed by atoms with Crippen molar-refractivity contribution in [3.63, 3.8) is 0 Å². The number of ether oxygens (including phenoxy) is 1. The monoisotopic (exact) mass is 326 g/mol. The number of carbonyl (C=O) groups is 2. The number of nitrogens with one attached hydrogen (secondary N) is 2. The largest absolute Gasteiger partial charge is 0.496 e. The number of benzene rings is 2. The molecule has 5 nitrogen and oxygen atoms in total. The van der Waals surface area contributed by atoms with Gasteiger partial charge in [-0.3, -0.25) is 9.59 Å². The fourth-order valence-corrected chi connectivity index (χ4v) is 2.10. The number of amides is 2. The molecule has 0 radical (unpaired) electrons. The molecule has 0 saturated carbocycles. The second-order valence-electron chi connectivity index (χ2n) is 5.72. The molecule has 0 fully saturated rings. The van der Waals surface area contributed by atoms with Gasteiger partial charge in [0.15, 0.2) is 0 Å². The van der Waals surface area contributed by atoms with Crippen LogP contribution in [0, 0.1) is 5.92 Å². The predicted octanol–water partition coefficient (Wildman–Crippen LogP) is 3.22. The van der Waals surface area contributed by atoms with Crippen LogP contribution in [0.25, 0.3) is 0 Å². The van der Waals surface area contributed by atoms with Crippen LogP contribution in [0.2, 0.25) is 0 Å². The number of hydrogen-bond acceptors (Lipinski definition) is 3. The Hall–Kier alpha value is -2.82. The van der Waals surface area contributed by atoms with E-state index in [-0.39, 0.29) is 17.7 Å². The fraction of sp³-hybridized carbons (Fsp3) is 0.263. The highest BCUT2D eigenvalue weighted by Crippen LogP contribution is 2.17. The molecule has 0 aliphatic heterocycles. The maximum atomic E-state index is 12.2. The summed E-state index contributed by atoms with van der Waals surface area (Å²) < 4.78 is 5.19. The molecule has 0 spiro atoms. The lowest BCUT2D eigenvalue weighted by atomic mass is 10.1. The van der Waals surface area contributed by atoms with Gasteiger partial charge in [-0.2, -0.15) is 0 Å². The van der Waals surface area contributed by atoms with Gasteiger partial charge in [0.1, 0.15) is 5.75 Å². The van der Waals surface area contributed by atoms with Crippen LogP contribution < -0.4 is 15.4 Å². The van der Waals surface area contributed by atoms with E-state index in [0.29, 0.717) is 17.9 Å². The van der Waals surface area contributed by atoms with Gasteiger partial charge in [0.2, 0.25) is 5.91 Å². The Balaban J connectivity index is 1.95. The molecule has 0 saturated heterocycles. The average Bonchev–Trinajstić information content (AvgIpc) is 2.60. The third-order valence-electron chi connectivity index (χ3n) is 3.55. The van der Waals surface area contributed by atoms with Gasteiger partial charge in [0, 0.05) is 18.2 Å². The van der Waals surface area contributed by atoms with Crippen molar-refractivity contribution in [2.75, 3.05) is 12.4 Å². The SMILES string of the molecule is COc1ccccc1C(=O)NCc1ccc(NC(=O)C(C)C)cc1. The van der Waals surface area contributed by atoms with E-state index in [4.69, 9.17) is 4.74 Å². The molecule has 5 heteroatoms. The van der Waals surface area contributed by atoms with Crippen LogP contribution in [0.1, 0.15) is 29.8 Å².